The van der Waals surface area contributed by atoms with Crippen LogP contribution in [0.1, 0.15) is 83.0 Å². The van der Waals surface area contributed by atoms with Crippen LogP contribution in [0.15, 0.2) is 48.5 Å². The highest BCUT2D eigenvalue weighted by Crippen LogP contribution is 2.46. The zero-order valence-corrected chi connectivity index (χ0v) is 43.5. The molecule has 3 amide bonds. The second-order valence-corrected chi connectivity index (χ2v) is 18.2. The molecule has 72 heavy (non-hydrogen) atoms. The Morgan fingerprint density at radius 1 is 0.653 bits per heavy atom. The van der Waals surface area contributed by atoms with Gasteiger partial charge >= 0.3 is 8.53 Å². The molecule has 2 atom stereocenters. The van der Waals surface area contributed by atoms with Crippen molar-refractivity contribution < 1.29 is 57.0 Å². The monoisotopic (exact) mass is 1020 g/mol. The second-order valence-electron chi connectivity index (χ2n) is 16.8. The Morgan fingerprint density at radius 3 is 1.57 bits per heavy atom. The molecule has 18 nitrogen and oxygen atoms in total. The van der Waals surface area contributed by atoms with Gasteiger partial charge in [0.2, 0.25) is 11.8 Å². The molecule has 2 rings (SSSR count). The van der Waals surface area contributed by atoms with Crippen LogP contribution in [0.2, 0.25) is 0 Å². The molecule has 19 heteroatoms. The third-order valence-corrected chi connectivity index (χ3v) is 12.6. The summed E-state index contributed by atoms with van der Waals surface area (Å²) in [5, 5.41) is 32.1. The molecular weight excluding hydrogens is 944 g/mol. The van der Waals surface area contributed by atoms with Crippen molar-refractivity contribution in [2.75, 3.05) is 106 Å². The van der Waals surface area contributed by atoms with Crippen LogP contribution in [-0.4, -0.2) is 157 Å². The van der Waals surface area contributed by atoms with Gasteiger partial charge in [-0.05, 0) is 88.8 Å². The van der Waals surface area contributed by atoms with Gasteiger partial charge in [0.25, 0.3) is 5.91 Å². The Hall–Kier alpha value is -5.15. The molecule has 0 saturated heterocycles. The number of nitriles is 1. The Labute approximate surface area is 429 Å². The fraction of sp³-hybridized carbons (Fsp3) is 0.585. The van der Waals surface area contributed by atoms with Crippen LogP contribution >= 0.6 is 8.53 Å². The lowest BCUT2D eigenvalue weighted by atomic mass is 9.82. The first-order valence-corrected chi connectivity index (χ1v) is 25.5. The standard InChI is InChI=1S/C53H77N6O12P/c1-8-30-64-37-40-67-34-27-55-49(60)20-23-53(24-21-50(61)56-28-35-68-41-38-65-31-9-2,25-22-51(62)57-29-36-69-42-39-66-32-10-3)58-52(63)47-14-12-45(13-15-47)46-16-18-48(19-17-46)71-72(70-33-11-26-54)59(43(4)5)44(6)7/h1-3,12-19,43-44,49,55,60H,11,20-25,27-42H2,4-7H3,(H,56,61)(H,57,62)(H,58,63). The van der Waals surface area contributed by atoms with Gasteiger partial charge in [0.05, 0.1) is 78.6 Å². The van der Waals surface area contributed by atoms with Gasteiger partial charge in [0.1, 0.15) is 31.8 Å². The predicted molar refractivity (Wildman–Crippen MR) is 277 cm³/mol. The van der Waals surface area contributed by atoms with Gasteiger partial charge < -0.3 is 58.5 Å². The van der Waals surface area contributed by atoms with Crippen LogP contribution < -0.4 is 25.8 Å². The van der Waals surface area contributed by atoms with Gasteiger partial charge in [0, 0.05) is 55.7 Å². The maximum Gasteiger partial charge on any atom is 0.321 e. The van der Waals surface area contributed by atoms with E-state index in [1.807, 2.05) is 36.4 Å². The molecule has 0 saturated carbocycles. The molecule has 0 aliphatic carbocycles. The molecule has 0 bridgehead atoms. The fourth-order valence-corrected chi connectivity index (χ4v) is 8.63. The zero-order chi connectivity index (χ0) is 52.7. The van der Waals surface area contributed by atoms with Gasteiger partial charge in [-0.15, -0.1) is 19.3 Å². The predicted octanol–water partition coefficient (Wildman–Crippen LogP) is 4.96. The van der Waals surface area contributed by atoms with E-state index in [2.05, 4.69) is 77.5 Å². The summed E-state index contributed by atoms with van der Waals surface area (Å²) in [6, 6.07) is 17.1. The first-order chi connectivity index (χ1) is 34.9. The largest absolute Gasteiger partial charge is 0.436 e. The quantitative estimate of drug-likeness (QED) is 0.0257. The van der Waals surface area contributed by atoms with Crippen LogP contribution in [0.5, 0.6) is 5.75 Å². The first kappa shape index (κ1) is 63.0. The van der Waals surface area contributed by atoms with Gasteiger partial charge in [-0.2, -0.15) is 5.26 Å². The highest BCUT2D eigenvalue weighted by Gasteiger charge is 2.34. The lowest BCUT2D eigenvalue weighted by Crippen LogP contribution is -2.51. The summed E-state index contributed by atoms with van der Waals surface area (Å²) < 4.78 is 46.9. The van der Waals surface area contributed by atoms with E-state index in [0.717, 1.165) is 11.1 Å². The fourth-order valence-electron chi connectivity index (χ4n) is 7.04. The lowest BCUT2D eigenvalue weighted by molar-refractivity contribution is -0.121. The van der Waals surface area contributed by atoms with Crippen molar-refractivity contribution in [1.29, 1.82) is 5.26 Å². The Kier molecular flexibility index (Phi) is 34.4. The van der Waals surface area contributed by atoms with Crippen LogP contribution in [0.25, 0.3) is 11.1 Å². The number of hydrogen-bond acceptors (Lipinski definition) is 15. The van der Waals surface area contributed by atoms with Crippen molar-refractivity contribution >= 4 is 26.2 Å². The van der Waals surface area contributed by atoms with Crippen molar-refractivity contribution in [2.24, 2.45) is 0 Å². The van der Waals surface area contributed by atoms with Crippen LogP contribution in [-0.2, 0) is 42.5 Å². The number of aliphatic hydroxyl groups excluding tert-OH is 1. The van der Waals surface area contributed by atoms with Gasteiger partial charge in [-0.1, -0.05) is 42.0 Å². The topological polar surface area (TPSA) is 220 Å². The normalized spacial score (nSPS) is 12.1. The number of ether oxygens (including phenoxy) is 6. The maximum absolute atomic E-state index is 14.3. The molecule has 0 aliphatic rings. The molecule has 0 spiro atoms. The molecule has 2 aromatic carbocycles. The summed E-state index contributed by atoms with van der Waals surface area (Å²) in [4.78, 5) is 40.9. The number of carbonyl (C=O) groups is 3. The molecule has 0 radical (unpaired) electrons. The molecule has 0 heterocycles. The van der Waals surface area contributed by atoms with Crippen molar-refractivity contribution in [3.63, 3.8) is 0 Å². The summed E-state index contributed by atoms with van der Waals surface area (Å²) in [6.07, 6.45) is 15.6. The maximum atomic E-state index is 14.3. The van der Waals surface area contributed by atoms with Gasteiger partial charge in [-0.3, -0.25) is 19.7 Å². The second kappa shape index (κ2) is 39.4. The number of benzene rings is 2. The smallest absolute Gasteiger partial charge is 0.321 e. The van der Waals surface area contributed by atoms with E-state index in [1.54, 1.807) is 12.1 Å². The van der Waals surface area contributed by atoms with E-state index < -0.39 is 26.2 Å². The average molecular weight is 1020 g/mol. The summed E-state index contributed by atoms with van der Waals surface area (Å²) in [5.41, 5.74) is 0.965. The van der Waals surface area contributed by atoms with Crippen molar-refractivity contribution in [1.82, 2.24) is 25.9 Å². The minimum absolute atomic E-state index is 0.00139. The summed E-state index contributed by atoms with van der Waals surface area (Å²) in [7, 11) is -1.48. The number of nitrogens with zero attached hydrogens (tertiary/aromatic N) is 2. The SMILES string of the molecule is C#CCOCCOCCNC(=O)CCC(CCC(=O)NCCOCCOCC#C)(CCC(O)NCCOCCOCC#C)NC(=O)c1ccc(-c2ccc(OP(OCCC#N)N(C(C)C)C(C)C)cc2)cc1. The van der Waals surface area contributed by atoms with Gasteiger partial charge in [-0.25, -0.2) is 4.67 Å². The summed E-state index contributed by atoms with van der Waals surface area (Å²) in [6.45, 7) is 12.7. The number of carbonyl (C=O) groups excluding carboxylic acids is 3. The first-order valence-electron chi connectivity index (χ1n) is 24.4. The van der Waals surface area contributed by atoms with E-state index in [0.29, 0.717) is 64.1 Å². The summed E-state index contributed by atoms with van der Waals surface area (Å²) >= 11 is 0. The van der Waals surface area contributed by atoms with E-state index >= 15 is 0 Å². The molecule has 0 aromatic heterocycles. The minimum atomic E-state index is -1.48. The molecule has 5 N–H and O–H groups in total. The number of terminal acetylenes is 3. The Bertz CT molecular complexity index is 1930. The van der Waals surface area contributed by atoms with E-state index in [9.17, 15) is 19.5 Å². The molecule has 2 unspecified atom stereocenters. The van der Waals surface area contributed by atoms with Crippen molar-refractivity contribution in [2.45, 2.75) is 96.5 Å². The average Bonchev–Trinajstić information content (AvgIpc) is 3.36. The third-order valence-electron chi connectivity index (χ3n) is 10.6. The number of hydrogen-bond donors (Lipinski definition) is 5. The van der Waals surface area contributed by atoms with Gasteiger partial charge in [0.15, 0.2) is 0 Å². The Morgan fingerprint density at radius 2 is 1.11 bits per heavy atom. The zero-order valence-electron chi connectivity index (χ0n) is 42.6. The molecule has 0 aliphatic heterocycles. The van der Waals surface area contributed by atoms with E-state index in [-0.39, 0.29) is 122 Å². The summed E-state index contributed by atoms with van der Waals surface area (Å²) in [5.74, 6) is 6.81. The number of amides is 3. The van der Waals surface area contributed by atoms with Crippen LogP contribution in [0.4, 0.5) is 0 Å². The number of rotatable bonds is 42. The molecule has 0 fully saturated rings. The minimum Gasteiger partial charge on any atom is -0.436 e. The van der Waals surface area contributed by atoms with Crippen LogP contribution in [0, 0.1) is 48.4 Å². The van der Waals surface area contributed by atoms with Crippen LogP contribution in [0.3, 0.4) is 0 Å². The third kappa shape index (κ3) is 28.2. The molecule has 396 valence electrons. The highest BCUT2D eigenvalue weighted by atomic mass is 31.2. The van der Waals surface area contributed by atoms with E-state index in [1.165, 1.54) is 0 Å². The van der Waals surface area contributed by atoms with Crippen molar-refractivity contribution in [3.05, 3.63) is 54.1 Å². The number of nitrogens with one attached hydrogen (secondary N) is 4. The highest BCUT2D eigenvalue weighted by molar-refractivity contribution is 7.45. The van der Waals surface area contributed by atoms with Crippen molar-refractivity contribution in [3.8, 4) is 60.0 Å². The lowest BCUT2D eigenvalue weighted by Gasteiger charge is -2.36. The number of aliphatic hydroxyl groups is 1. The molecular formula is C53H77N6O12P. The Balaban J connectivity index is 2.31. The molecule has 2 aromatic rings. The van der Waals surface area contributed by atoms with E-state index in [4.69, 9.17) is 62.0 Å².